The Hall–Kier alpha value is -1.10. The van der Waals surface area contributed by atoms with Crippen LogP contribution in [0.3, 0.4) is 0 Å². The first-order chi connectivity index (χ1) is 10.1. The van der Waals surface area contributed by atoms with Crippen LogP contribution in [0.4, 0.5) is 0 Å². The second kappa shape index (κ2) is 5.95. The van der Waals surface area contributed by atoms with Crippen molar-refractivity contribution < 1.29 is 14.7 Å². The van der Waals surface area contributed by atoms with Crippen molar-refractivity contribution >= 4 is 11.9 Å². The van der Waals surface area contributed by atoms with Gasteiger partial charge >= 0.3 is 5.97 Å². The van der Waals surface area contributed by atoms with E-state index >= 15 is 0 Å². The zero-order valence-electron chi connectivity index (χ0n) is 12.5. The highest BCUT2D eigenvalue weighted by Gasteiger charge is 2.51. The molecule has 0 spiro atoms. The highest BCUT2D eigenvalue weighted by Crippen LogP contribution is 2.48. The van der Waals surface area contributed by atoms with Gasteiger partial charge in [-0.15, -0.1) is 0 Å². The van der Waals surface area contributed by atoms with Gasteiger partial charge in [0.05, 0.1) is 5.92 Å². The van der Waals surface area contributed by atoms with Crippen molar-refractivity contribution in [3.63, 3.8) is 0 Å². The first-order valence-corrected chi connectivity index (χ1v) is 8.33. The molecule has 0 aromatic rings. The smallest absolute Gasteiger partial charge is 0.308 e. The lowest BCUT2D eigenvalue weighted by atomic mass is 9.80. The summed E-state index contributed by atoms with van der Waals surface area (Å²) in [6, 6.07) is -0.138. The maximum Gasteiger partial charge on any atom is 0.308 e. The number of fused-ring (bicyclic) bond motifs is 2. The quantitative estimate of drug-likeness (QED) is 0.730. The molecule has 4 N–H and O–H groups in total. The molecule has 5 nitrogen and oxygen atoms in total. The van der Waals surface area contributed by atoms with Gasteiger partial charge in [-0.25, -0.2) is 0 Å². The van der Waals surface area contributed by atoms with Crippen LogP contribution in [0.15, 0.2) is 0 Å². The Balaban J connectivity index is 1.58. The standard InChI is InChI=1S/C16H26N2O3/c17-8-9-1-3-10(4-2-9)15(19)18-14-12-6-5-11(7-12)13(14)16(20)21/h9-14H,1-8,17H2,(H,18,19)(H,20,21). The van der Waals surface area contributed by atoms with Gasteiger partial charge in [-0.2, -0.15) is 0 Å². The molecule has 21 heavy (non-hydrogen) atoms. The molecular formula is C16H26N2O3. The van der Waals surface area contributed by atoms with Crippen LogP contribution in [0, 0.1) is 29.6 Å². The van der Waals surface area contributed by atoms with Crippen LogP contribution in [0.1, 0.15) is 44.9 Å². The zero-order valence-corrected chi connectivity index (χ0v) is 12.5. The largest absolute Gasteiger partial charge is 0.481 e. The fraction of sp³-hybridized carbons (Fsp3) is 0.875. The first-order valence-electron chi connectivity index (χ1n) is 8.33. The topological polar surface area (TPSA) is 92.4 Å². The average Bonchev–Trinajstić information content (AvgIpc) is 3.08. The summed E-state index contributed by atoms with van der Waals surface area (Å²) in [6.45, 7) is 0.710. The lowest BCUT2D eigenvalue weighted by molar-refractivity contribution is -0.145. The van der Waals surface area contributed by atoms with Gasteiger partial charge in [-0.3, -0.25) is 9.59 Å². The van der Waals surface area contributed by atoms with Crippen LogP contribution >= 0.6 is 0 Å². The van der Waals surface area contributed by atoms with Crippen molar-refractivity contribution in [3.8, 4) is 0 Å². The van der Waals surface area contributed by atoms with Crippen LogP contribution in [0.2, 0.25) is 0 Å². The monoisotopic (exact) mass is 294 g/mol. The Labute approximate surface area is 125 Å². The minimum Gasteiger partial charge on any atom is -0.481 e. The van der Waals surface area contributed by atoms with Crippen LogP contribution in [-0.4, -0.2) is 29.6 Å². The van der Waals surface area contributed by atoms with E-state index in [9.17, 15) is 14.7 Å². The van der Waals surface area contributed by atoms with E-state index in [-0.39, 0.29) is 29.7 Å². The molecule has 1 amide bonds. The Bertz CT molecular complexity index is 418. The van der Waals surface area contributed by atoms with Gasteiger partial charge in [0.1, 0.15) is 0 Å². The number of nitrogens with two attached hydrogens (primary N) is 1. The maximum absolute atomic E-state index is 12.5. The summed E-state index contributed by atoms with van der Waals surface area (Å²) in [6.07, 6.45) is 6.89. The molecule has 3 aliphatic carbocycles. The molecule has 0 aromatic carbocycles. The maximum atomic E-state index is 12.5. The average molecular weight is 294 g/mol. The summed E-state index contributed by atoms with van der Waals surface area (Å²) in [5.74, 6) is 0.234. The third-order valence-electron chi connectivity index (χ3n) is 6.06. The summed E-state index contributed by atoms with van der Waals surface area (Å²) < 4.78 is 0. The van der Waals surface area contributed by atoms with Crippen molar-refractivity contribution in [1.82, 2.24) is 5.32 Å². The molecule has 0 radical (unpaired) electrons. The minimum atomic E-state index is -0.737. The number of hydrogen-bond acceptors (Lipinski definition) is 3. The van der Waals surface area contributed by atoms with Gasteiger partial charge in [0.15, 0.2) is 0 Å². The van der Waals surface area contributed by atoms with Crippen LogP contribution in [0.5, 0.6) is 0 Å². The van der Waals surface area contributed by atoms with E-state index in [0.29, 0.717) is 18.4 Å². The Morgan fingerprint density at radius 3 is 2.33 bits per heavy atom. The molecule has 0 heterocycles. The van der Waals surface area contributed by atoms with Gasteiger partial charge in [0.25, 0.3) is 0 Å². The number of rotatable bonds is 4. The fourth-order valence-corrected chi connectivity index (χ4v) is 4.80. The predicted molar refractivity (Wildman–Crippen MR) is 78.4 cm³/mol. The van der Waals surface area contributed by atoms with E-state index in [1.165, 1.54) is 0 Å². The zero-order chi connectivity index (χ0) is 15.0. The predicted octanol–water partition coefficient (Wildman–Crippen LogP) is 1.37. The highest BCUT2D eigenvalue weighted by molar-refractivity contribution is 5.80. The second-order valence-corrected chi connectivity index (χ2v) is 7.18. The molecule has 3 saturated carbocycles. The van der Waals surface area contributed by atoms with Gasteiger partial charge in [-0.05, 0) is 69.2 Å². The molecular weight excluding hydrogens is 268 g/mol. The lowest BCUT2D eigenvalue weighted by Crippen LogP contribution is -2.49. The summed E-state index contributed by atoms with van der Waals surface area (Å²) >= 11 is 0. The number of carboxylic acids is 1. The van der Waals surface area contributed by atoms with Crippen LogP contribution in [0.25, 0.3) is 0 Å². The number of nitrogens with one attached hydrogen (secondary N) is 1. The Morgan fingerprint density at radius 2 is 1.71 bits per heavy atom. The number of carbonyl (C=O) groups is 2. The molecule has 118 valence electrons. The normalized spacial score (nSPS) is 42.0. The van der Waals surface area contributed by atoms with E-state index in [1.54, 1.807) is 0 Å². The molecule has 4 atom stereocenters. The molecule has 0 aromatic heterocycles. The van der Waals surface area contributed by atoms with Gasteiger partial charge in [-0.1, -0.05) is 0 Å². The molecule has 3 fully saturated rings. The van der Waals surface area contributed by atoms with Crippen LogP contribution in [-0.2, 0) is 9.59 Å². The van der Waals surface area contributed by atoms with E-state index in [0.717, 1.165) is 44.9 Å². The molecule has 5 heteroatoms. The molecule has 0 aliphatic heterocycles. The van der Waals surface area contributed by atoms with Crippen molar-refractivity contribution in [2.45, 2.75) is 51.0 Å². The summed E-state index contributed by atoms with van der Waals surface area (Å²) in [5.41, 5.74) is 5.68. The third kappa shape index (κ3) is 2.80. The van der Waals surface area contributed by atoms with Crippen LogP contribution < -0.4 is 11.1 Å². The number of aliphatic carboxylic acids is 1. The third-order valence-corrected chi connectivity index (χ3v) is 6.06. The first kappa shape index (κ1) is 14.8. The van der Waals surface area contributed by atoms with E-state index in [4.69, 9.17) is 5.73 Å². The summed E-state index contributed by atoms with van der Waals surface area (Å²) in [5, 5.41) is 12.5. The minimum absolute atomic E-state index is 0.0568. The highest BCUT2D eigenvalue weighted by atomic mass is 16.4. The van der Waals surface area contributed by atoms with E-state index in [2.05, 4.69) is 5.32 Å². The van der Waals surface area contributed by atoms with E-state index in [1.807, 2.05) is 0 Å². The van der Waals surface area contributed by atoms with Crippen molar-refractivity contribution in [2.75, 3.05) is 6.54 Å². The van der Waals surface area contributed by atoms with Crippen molar-refractivity contribution in [2.24, 2.45) is 35.3 Å². The van der Waals surface area contributed by atoms with Gasteiger partial charge < -0.3 is 16.2 Å². The number of hydrogen-bond donors (Lipinski definition) is 3. The fourth-order valence-electron chi connectivity index (χ4n) is 4.80. The number of carbonyl (C=O) groups excluding carboxylic acids is 1. The molecule has 4 unspecified atom stereocenters. The second-order valence-electron chi connectivity index (χ2n) is 7.18. The SMILES string of the molecule is NCC1CCC(C(=O)NC2C3CCC(C3)C2C(=O)O)CC1. The molecule has 2 bridgehead atoms. The molecule has 3 aliphatic rings. The lowest BCUT2D eigenvalue weighted by Gasteiger charge is -2.32. The van der Waals surface area contributed by atoms with E-state index < -0.39 is 5.97 Å². The van der Waals surface area contributed by atoms with Gasteiger partial charge in [0, 0.05) is 12.0 Å². The van der Waals surface area contributed by atoms with Gasteiger partial charge in [0.2, 0.25) is 5.91 Å². The Morgan fingerprint density at radius 1 is 1.05 bits per heavy atom. The van der Waals surface area contributed by atoms with Crippen molar-refractivity contribution in [1.29, 1.82) is 0 Å². The summed E-state index contributed by atoms with van der Waals surface area (Å²) in [7, 11) is 0. The number of carboxylic acid groups (broad SMARTS) is 1. The summed E-state index contributed by atoms with van der Waals surface area (Å²) in [4.78, 5) is 23.9. The molecule has 3 rings (SSSR count). The molecule has 0 saturated heterocycles. The van der Waals surface area contributed by atoms with Crippen molar-refractivity contribution in [3.05, 3.63) is 0 Å². The number of amides is 1. The Kier molecular flexibility index (Phi) is 4.20.